The molecule has 0 amide bonds. The second-order valence-electron chi connectivity index (χ2n) is 5.69. The molecule has 116 valence electrons. The number of benzene rings is 1. The summed E-state index contributed by atoms with van der Waals surface area (Å²) < 4.78 is 15.8. The first-order valence-electron chi connectivity index (χ1n) is 7.79. The predicted molar refractivity (Wildman–Crippen MR) is 87.8 cm³/mol. The third-order valence-corrected chi connectivity index (χ3v) is 4.14. The molecule has 0 atom stereocenters. The Bertz CT molecular complexity index is 809. The van der Waals surface area contributed by atoms with Gasteiger partial charge in [-0.25, -0.2) is 9.07 Å². The van der Waals surface area contributed by atoms with Gasteiger partial charge in [-0.05, 0) is 24.6 Å². The second kappa shape index (κ2) is 5.83. The largest absolute Gasteiger partial charge is 0.357 e. The van der Waals surface area contributed by atoms with E-state index in [0.29, 0.717) is 12.1 Å². The highest BCUT2D eigenvalue weighted by atomic mass is 19.1. The second-order valence-corrected chi connectivity index (χ2v) is 5.69. The molecule has 4 nitrogen and oxygen atoms in total. The summed E-state index contributed by atoms with van der Waals surface area (Å²) in [5.74, 6) is 0.831. The Morgan fingerprint density at radius 1 is 1.00 bits per heavy atom. The normalized spacial score (nSPS) is 13.9. The highest BCUT2D eigenvalue weighted by Crippen LogP contribution is 2.27. The van der Waals surface area contributed by atoms with Crippen molar-refractivity contribution < 1.29 is 4.39 Å². The van der Waals surface area contributed by atoms with Crippen molar-refractivity contribution in [3.05, 3.63) is 66.1 Å². The van der Waals surface area contributed by atoms with Gasteiger partial charge < -0.3 is 4.90 Å². The molecule has 23 heavy (non-hydrogen) atoms. The Balaban J connectivity index is 1.72. The molecule has 1 fully saturated rings. The lowest BCUT2D eigenvalue weighted by Crippen LogP contribution is -2.38. The lowest BCUT2D eigenvalue weighted by Gasteiger charge is -2.33. The molecule has 1 aliphatic rings. The zero-order valence-electron chi connectivity index (χ0n) is 12.7. The first-order valence-corrected chi connectivity index (χ1v) is 7.79. The topological polar surface area (TPSA) is 34.0 Å². The molecule has 0 aliphatic carbocycles. The molecule has 0 saturated carbocycles. The van der Waals surface area contributed by atoms with Crippen LogP contribution in [0.4, 0.5) is 10.2 Å². The lowest BCUT2D eigenvalue weighted by atomic mass is 10.2. The lowest BCUT2D eigenvalue weighted by molar-refractivity contribution is 0.556. The van der Waals surface area contributed by atoms with E-state index in [4.69, 9.17) is 0 Å². The molecule has 3 heterocycles. The summed E-state index contributed by atoms with van der Waals surface area (Å²) in [6.45, 7) is 2.46. The van der Waals surface area contributed by atoms with E-state index in [1.807, 2.05) is 35.0 Å². The van der Waals surface area contributed by atoms with Crippen LogP contribution in [0.5, 0.6) is 0 Å². The van der Waals surface area contributed by atoms with Crippen molar-refractivity contribution in [3.63, 3.8) is 0 Å². The van der Waals surface area contributed by atoms with Crippen molar-refractivity contribution >= 4 is 5.82 Å². The van der Waals surface area contributed by atoms with Gasteiger partial charge in [-0.3, -0.25) is 4.98 Å². The van der Waals surface area contributed by atoms with Crippen LogP contribution >= 0.6 is 0 Å². The number of pyridine rings is 1. The first kappa shape index (κ1) is 13.9. The summed E-state index contributed by atoms with van der Waals surface area (Å²) in [4.78, 5) is 6.63. The van der Waals surface area contributed by atoms with Crippen molar-refractivity contribution in [2.24, 2.45) is 0 Å². The standard InChI is InChI=1S/C18H17FN4/c19-15-7-2-1-6-14(15)13-23-18(22-10-5-11-22)12-17(21-23)16-8-3-4-9-20-16/h1-4,6-9,12H,5,10-11,13H2. The Labute approximate surface area is 134 Å². The molecule has 0 radical (unpaired) electrons. The van der Waals surface area contributed by atoms with Crippen molar-refractivity contribution in [1.29, 1.82) is 0 Å². The number of halogens is 1. The van der Waals surface area contributed by atoms with Gasteiger partial charge in [0.2, 0.25) is 0 Å². The number of hydrogen-bond donors (Lipinski definition) is 0. The van der Waals surface area contributed by atoms with Crippen LogP contribution in [-0.4, -0.2) is 27.9 Å². The van der Waals surface area contributed by atoms with Gasteiger partial charge in [0, 0.05) is 30.9 Å². The summed E-state index contributed by atoms with van der Waals surface area (Å²) in [5.41, 5.74) is 2.30. The Morgan fingerprint density at radius 2 is 1.83 bits per heavy atom. The van der Waals surface area contributed by atoms with Crippen LogP contribution in [0.25, 0.3) is 11.4 Å². The fraction of sp³-hybridized carbons (Fsp3) is 0.222. The van der Waals surface area contributed by atoms with Crippen molar-refractivity contribution in [2.45, 2.75) is 13.0 Å². The Kier molecular flexibility index (Phi) is 3.54. The van der Waals surface area contributed by atoms with Crippen LogP contribution in [0.3, 0.4) is 0 Å². The van der Waals surface area contributed by atoms with Crippen molar-refractivity contribution in [2.75, 3.05) is 18.0 Å². The molecule has 4 rings (SSSR count). The molecule has 2 aromatic heterocycles. The quantitative estimate of drug-likeness (QED) is 0.741. The Morgan fingerprint density at radius 3 is 2.52 bits per heavy atom. The van der Waals surface area contributed by atoms with Crippen molar-refractivity contribution in [3.8, 4) is 11.4 Å². The minimum absolute atomic E-state index is 0.197. The van der Waals surface area contributed by atoms with E-state index in [1.165, 1.54) is 12.5 Å². The van der Waals surface area contributed by atoms with E-state index in [0.717, 1.165) is 30.3 Å². The molecule has 5 heteroatoms. The fourth-order valence-corrected chi connectivity index (χ4v) is 2.75. The molecular formula is C18H17FN4. The van der Waals surface area contributed by atoms with Gasteiger partial charge in [0.15, 0.2) is 0 Å². The first-order chi connectivity index (χ1) is 11.3. The van der Waals surface area contributed by atoms with Gasteiger partial charge in [-0.15, -0.1) is 0 Å². The van der Waals surface area contributed by atoms with E-state index in [-0.39, 0.29) is 5.82 Å². The molecule has 1 aliphatic heterocycles. The van der Waals surface area contributed by atoms with E-state index < -0.39 is 0 Å². The van der Waals surface area contributed by atoms with Crippen molar-refractivity contribution in [1.82, 2.24) is 14.8 Å². The Hall–Kier alpha value is -2.69. The maximum Gasteiger partial charge on any atom is 0.128 e. The molecule has 3 aromatic rings. The average Bonchev–Trinajstić information content (AvgIpc) is 2.92. The van der Waals surface area contributed by atoms with E-state index in [9.17, 15) is 4.39 Å². The molecular weight excluding hydrogens is 291 g/mol. The molecule has 0 N–H and O–H groups in total. The third kappa shape index (κ3) is 2.70. The number of nitrogens with zero attached hydrogens (tertiary/aromatic N) is 4. The predicted octanol–water partition coefficient (Wildman–Crippen LogP) is 3.34. The van der Waals surface area contributed by atoms with Crippen LogP contribution in [0.2, 0.25) is 0 Å². The zero-order valence-corrected chi connectivity index (χ0v) is 12.7. The number of anilines is 1. The summed E-state index contributed by atoms with van der Waals surface area (Å²) in [5, 5.41) is 4.67. The number of hydrogen-bond acceptors (Lipinski definition) is 3. The van der Waals surface area contributed by atoms with Gasteiger partial charge >= 0.3 is 0 Å². The van der Waals surface area contributed by atoms with Gasteiger partial charge in [-0.1, -0.05) is 24.3 Å². The summed E-state index contributed by atoms with van der Waals surface area (Å²) in [6, 6.07) is 14.7. The van der Waals surface area contributed by atoms with Crippen LogP contribution in [-0.2, 0) is 6.54 Å². The smallest absolute Gasteiger partial charge is 0.128 e. The van der Waals surface area contributed by atoms with E-state index in [2.05, 4.69) is 15.0 Å². The van der Waals surface area contributed by atoms with Crippen LogP contribution in [0, 0.1) is 5.82 Å². The highest BCUT2D eigenvalue weighted by molar-refractivity contribution is 5.60. The molecule has 0 spiro atoms. The van der Waals surface area contributed by atoms with E-state index in [1.54, 1.807) is 18.3 Å². The van der Waals surface area contributed by atoms with Crippen LogP contribution < -0.4 is 4.90 Å². The van der Waals surface area contributed by atoms with Gasteiger partial charge in [-0.2, -0.15) is 5.10 Å². The molecule has 0 unspecified atom stereocenters. The van der Waals surface area contributed by atoms with E-state index >= 15 is 0 Å². The van der Waals surface area contributed by atoms with Crippen LogP contribution in [0.15, 0.2) is 54.7 Å². The monoisotopic (exact) mass is 308 g/mol. The fourth-order valence-electron chi connectivity index (χ4n) is 2.75. The maximum atomic E-state index is 14.0. The third-order valence-electron chi connectivity index (χ3n) is 4.14. The summed E-state index contributed by atoms with van der Waals surface area (Å²) >= 11 is 0. The molecule has 0 bridgehead atoms. The highest BCUT2D eigenvalue weighted by Gasteiger charge is 2.21. The average molecular weight is 308 g/mol. The van der Waals surface area contributed by atoms with Crippen LogP contribution in [0.1, 0.15) is 12.0 Å². The molecule has 1 aromatic carbocycles. The minimum atomic E-state index is -0.197. The summed E-state index contributed by atoms with van der Waals surface area (Å²) in [7, 11) is 0. The zero-order chi connectivity index (χ0) is 15.6. The number of aromatic nitrogens is 3. The van der Waals surface area contributed by atoms with Gasteiger partial charge in [0.25, 0.3) is 0 Å². The maximum absolute atomic E-state index is 14.0. The summed E-state index contributed by atoms with van der Waals surface area (Å²) in [6.07, 6.45) is 2.94. The van der Waals surface area contributed by atoms with Gasteiger partial charge in [0.05, 0.1) is 12.2 Å². The minimum Gasteiger partial charge on any atom is -0.357 e. The SMILES string of the molecule is Fc1ccccc1Cn1nc(-c2ccccn2)cc1N1CCC1. The molecule has 1 saturated heterocycles. The van der Waals surface area contributed by atoms with Gasteiger partial charge in [0.1, 0.15) is 17.3 Å². The number of rotatable bonds is 4.